The van der Waals surface area contributed by atoms with E-state index in [4.69, 9.17) is 9.47 Å². The summed E-state index contributed by atoms with van der Waals surface area (Å²) in [5.41, 5.74) is 0.598. The van der Waals surface area contributed by atoms with Gasteiger partial charge in [-0.15, -0.1) is 11.3 Å². The molecule has 0 unspecified atom stereocenters. The van der Waals surface area contributed by atoms with E-state index in [1.165, 1.54) is 24.5 Å². The Hall–Kier alpha value is -2.19. The van der Waals surface area contributed by atoms with Crippen LogP contribution in [-0.2, 0) is 9.47 Å². The highest BCUT2D eigenvalue weighted by Gasteiger charge is 2.26. The Bertz CT molecular complexity index is 736. The molecule has 8 heteroatoms. The number of nitro benzene ring substituents is 1. The lowest BCUT2D eigenvalue weighted by molar-refractivity contribution is -0.384. The number of fused-ring (bicyclic) bond motifs is 1. The number of carbonyl (C=O) groups is 1. The van der Waals surface area contributed by atoms with Crippen LogP contribution in [0.15, 0.2) is 18.2 Å². The van der Waals surface area contributed by atoms with E-state index in [0.717, 1.165) is 4.70 Å². The van der Waals surface area contributed by atoms with E-state index in [1.807, 2.05) is 4.90 Å². The van der Waals surface area contributed by atoms with Crippen molar-refractivity contribution in [2.24, 2.45) is 0 Å². The highest BCUT2D eigenvalue weighted by atomic mass is 32.1. The van der Waals surface area contributed by atoms with Gasteiger partial charge in [-0.1, -0.05) is 0 Å². The topological polar surface area (TPSA) is 81.9 Å². The molecule has 0 radical (unpaired) electrons. The second kappa shape index (κ2) is 5.90. The maximum atomic E-state index is 11.7. The van der Waals surface area contributed by atoms with Gasteiger partial charge >= 0.3 is 5.97 Å². The van der Waals surface area contributed by atoms with Gasteiger partial charge in [0.1, 0.15) is 10.6 Å². The summed E-state index contributed by atoms with van der Waals surface area (Å²) in [6, 6.07) is 4.84. The Morgan fingerprint density at radius 1 is 1.41 bits per heavy atom. The zero-order chi connectivity index (χ0) is 15.7. The lowest BCUT2D eigenvalue weighted by Gasteiger charge is -2.29. The van der Waals surface area contributed by atoms with Crippen LogP contribution >= 0.6 is 11.3 Å². The van der Waals surface area contributed by atoms with Crippen molar-refractivity contribution < 1.29 is 19.2 Å². The maximum Gasteiger partial charge on any atom is 0.348 e. The molecule has 0 amide bonds. The lowest BCUT2D eigenvalue weighted by atomic mass is 10.1. The van der Waals surface area contributed by atoms with Crippen molar-refractivity contribution in [2.75, 3.05) is 38.3 Å². The van der Waals surface area contributed by atoms with Gasteiger partial charge in [0.15, 0.2) is 0 Å². The number of esters is 1. The summed E-state index contributed by atoms with van der Waals surface area (Å²) in [5.74, 6) is -0.434. The van der Waals surface area contributed by atoms with Crippen molar-refractivity contribution in [3.05, 3.63) is 33.2 Å². The predicted molar refractivity (Wildman–Crippen MR) is 82.9 cm³/mol. The van der Waals surface area contributed by atoms with E-state index in [0.29, 0.717) is 42.3 Å². The minimum absolute atomic E-state index is 0.0450. The number of thiophene rings is 1. The van der Waals surface area contributed by atoms with Crippen molar-refractivity contribution in [1.29, 1.82) is 0 Å². The van der Waals surface area contributed by atoms with Crippen LogP contribution in [0, 0.1) is 10.1 Å². The van der Waals surface area contributed by atoms with Gasteiger partial charge in [0.2, 0.25) is 0 Å². The first kappa shape index (κ1) is 14.7. The second-order valence-electron chi connectivity index (χ2n) is 4.80. The van der Waals surface area contributed by atoms with Crippen molar-refractivity contribution in [3.8, 4) is 0 Å². The first-order valence-corrected chi connectivity index (χ1v) is 7.55. The van der Waals surface area contributed by atoms with Gasteiger partial charge in [-0.2, -0.15) is 0 Å². The molecule has 2 heterocycles. The molecule has 1 aliphatic heterocycles. The SMILES string of the molecule is COC(=O)c1cc2c(N3CCOCC3)c([N+](=O)[O-])ccc2s1. The predicted octanol–water partition coefficient (Wildman–Crippen LogP) is 2.43. The van der Waals surface area contributed by atoms with Gasteiger partial charge in [0.05, 0.1) is 25.2 Å². The third-order valence-electron chi connectivity index (χ3n) is 3.56. The quantitative estimate of drug-likeness (QED) is 0.490. The number of morpholine rings is 1. The Morgan fingerprint density at radius 2 is 2.14 bits per heavy atom. The van der Waals surface area contributed by atoms with Crippen LogP contribution in [0.25, 0.3) is 10.1 Å². The average molecular weight is 322 g/mol. The van der Waals surface area contributed by atoms with Gasteiger partial charge < -0.3 is 14.4 Å². The maximum absolute atomic E-state index is 11.7. The Kier molecular flexibility index (Phi) is 3.95. The summed E-state index contributed by atoms with van der Waals surface area (Å²) >= 11 is 1.27. The number of anilines is 1. The highest BCUT2D eigenvalue weighted by molar-refractivity contribution is 7.20. The molecule has 0 N–H and O–H groups in total. The van der Waals surface area contributed by atoms with Gasteiger partial charge in [0, 0.05) is 29.2 Å². The van der Waals surface area contributed by atoms with Crippen LogP contribution in [0.5, 0.6) is 0 Å². The molecule has 0 bridgehead atoms. The smallest absolute Gasteiger partial charge is 0.348 e. The Morgan fingerprint density at radius 3 is 2.77 bits per heavy atom. The van der Waals surface area contributed by atoms with Crippen molar-refractivity contribution >= 4 is 38.8 Å². The molecule has 22 heavy (non-hydrogen) atoms. The molecule has 0 spiro atoms. The van der Waals surface area contributed by atoms with Crippen molar-refractivity contribution in [1.82, 2.24) is 0 Å². The molecule has 0 atom stereocenters. The zero-order valence-electron chi connectivity index (χ0n) is 11.9. The van der Waals surface area contributed by atoms with Crippen molar-refractivity contribution in [2.45, 2.75) is 0 Å². The van der Waals surface area contributed by atoms with E-state index >= 15 is 0 Å². The van der Waals surface area contributed by atoms with E-state index < -0.39 is 5.97 Å². The molecule has 3 rings (SSSR count). The van der Waals surface area contributed by atoms with Crippen LogP contribution in [0.3, 0.4) is 0 Å². The number of rotatable bonds is 3. The fourth-order valence-electron chi connectivity index (χ4n) is 2.55. The Balaban J connectivity index is 2.18. The second-order valence-corrected chi connectivity index (χ2v) is 5.89. The normalized spacial score (nSPS) is 15.0. The first-order valence-electron chi connectivity index (χ1n) is 6.73. The molecular weight excluding hydrogens is 308 g/mol. The lowest BCUT2D eigenvalue weighted by Crippen LogP contribution is -2.36. The molecule has 1 fully saturated rings. The molecule has 1 aromatic heterocycles. The summed E-state index contributed by atoms with van der Waals surface area (Å²) in [4.78, 5) is 25.1. The zero-order valence-corrected chi connectivity index (χ0v) is 12.7. The summed E-state index contributed by atoms with van der Waals surface area (Å²) in [6.07, 6.45) is 0. The summed E-state index contributed by atoms with van der Waals surface area (Å²) in [6.45, 7) is 2.23. The number of nitrogens with zero attached hydrogens (tertiary/aromatic N) is 2. The van der Waals surface area contributed by atoms with Crippen LogP contribution in [-0.4, -0.2) is 44.3 Å². The van der Waals surface area contributed by atoms with Crippen LogP contribution < -0.4 is 4.90 Å². The first-order chi connectivity index (χ1) is 10.6. The Labute approximate surface area is 130 Å². The molecule has 116 valence electrons. The largest absolute Gasteiger partial charge is 0.465 e. The van der Waals surface area contributed by atoms with Gasteiger partial charge in [-0.05, 0) is 12.1 Å². The van der Waals surface area contributed by atoms with Crippen LogP contribution in [0.2, 0.25) is 0 Å². The molecule has 1 saturated heterocycles. The number of hydrogen-bond acceptors (Lipinski definition) is 7. The average Bonchev–Trinajstić information content (AvgIpc) is 2.97. The molecule has 0 aliphatic carbocycles. The summed E-state index contributed by atoms with van der Waals surface area (Å²) < 4.78 is 10.9. The van der Waals surface area contributed by atoms with E-state index in [9.17, 15) is 14.9 Å². The van der Waals surface area contributed by atoms with Crippen LogP contribution in [0.4, 0.5) is 11.4 Å². The molecule has 1 aromatic carbocycles. The number of hydrogen-bond donors (Lipinski definition) is 0. The number of methoxy groups -OCH3 is 1. The number of ether oxygens (including phenoxy) is 2. The monoisotopic (exact) mass is 322 g/mol. The van der Waals surface area contributed by atoms with E-state index in [1.54, 1.807) is 12.1 Å². The number of benzene rings is 1. The third-order valence-corrected chi connectivity index (χ3v) is 4.64. The molecule has 1 aliphatic rings. The standard InChI is InChI=1S/C14H14N2O5S/c1-20-14(17)12-8-9-11(22-12)3-2-10(16(18)19)13(9)15-4-6-21-7-5-15/h2-3,8H,4-7H2,1H3. The third kappa shape index (κ3) is 2.51. The van der Waals surface area contributed by atoms with E-state index in [-0.39, 0.29) is 10.6 Å². The van der Waals surface area contributed by atoms with Crippen LogP contribution in [0.1, 0.15) is 9.67 Å². The summed E-state index contributed by atoms with van der Waals surface area (Å²) in [7, 11) is 1.32. The van der Waals surface area contributed by atoms with E-state index in [2.05, 4.69) is 0 Å². The minimum Gasteiger partial charge on any atom is -0.465 e. The van der Waals surface area contributed by atoms with Gasteiger partial charge in [0.25, 0.3) is 5.69 Å². The number of nitro groups is 1. The molecule has 2 aromatic rings. The fraction of sp³-hybridized carbons (Fsp3) is 0.357. The molecule has 7 nitrogen and oxygen atoms in total. The minimum atomic E-state index is -0.434. The van der Waals surface area contributed by atoms with Crippen molar-refractivity contribution in [3.63, 3.8) is 0 Å². The fourth-order valence-corrected chi connectivity index (χ4v) is 3.54. The summed E-state index contributed by atoms with van der Waals surface area (Å²) in [5, 5.41) is 12.1. The van der Waals surface area contributed by atoms with Gasteiger partial charge in [-0.25, -0.2) is 4.79 Å². The van der Waals surface area contributed by atoms with Gasteiger partial charge in [-0.3, -0.25) is 10.1 Å². The highest BCUT2D eigenvalue weighted by Crippen LogP contribution is 2.40. The number of carbonyl (C=O) groups excluding carboxylic acids is 1. The molecular formula is C14H14N2O5S. The molecule has 0 saturated carbocycles.